The first-order valence-electron chi connectivity index (χ1n) is 7.19. The average Bonchev–Trinajstić information content (AvgIpc) is 2.47. The Labute approximate surface area is 113 Å². The van der Waals surface area contributed by atoms with E-state index in [0.29, 0.717) is 11.7 Å². The summed E-state index contributed by atoms with van der Waals surface area (Å²) < 4.78 is 0. The minimum atomic E-state index is -0.0202. The Morgan fingerprint density at radius 1 is 1.16 bits per heavy atom. The molecular weight excluding hydrogens is 238 g/mol. The minimum absolute atomic E-state index is 0.0202. The van der Waals surface area contributed by atoms with Gasteiger partial charge in [-0.25, -0.2) is 9.97 Å². The van der Waals surface area contributed by atoms with Crippen molar-refractivity contribution in [3.05, 3.63) is 18.1 Å². The maximum Gasteiger partial charge on any atom is 0.147 e. The predicted molar refractivity (Wildman–Crippen MR) is 75.4 cm³/mol. The van der Waals surface area contributed by atoms with Crippen molar-refractivity contribution in [3.63, 3.8) is 0 Å². The SMILES string of the molecule is N=C(N)c1cnc(N2CCCC3CCCCC32)cn1. The van der Waals surface area contributed by atoms with Crippen LogP contribution in [0.4, 0.5) is 5.82 Å². The van der Waals surface area contributed by atoms with Gasteiger partial charge >= 0.3 is 0 Å². The second-order valence-corrected chi connectivity index (χ2v) is 5.62. The molecule has 19 heavy (non-hydrogen) atoms. The molecule has 0 spiro atoms. The standard InChI is InChI=1S/C14H21N5/c15-14(16)11-8-18-13(9-17-11)19-7-3-5-10-4-1-2-6-12(10)19/h8-10,12H,1-7H2,(H3,15,16). The third-order valence-corrected chi connectivity index (χ3v) is 4.45. The van der Waals surface area contributed by atoms with E-state index >= 15 is 0 Å². The number of nitrogens with zero attached hydrogens (tertiary/aromatic N) is 3. The lowest BCUT2D eigenvalue weighted by molar-refractivity contribution is 0.242. The molecule has 1 saturated heterocycles. The number of rotatable bonds is 2. The summed E-state index contributed by atoms with van der Waals surface area (Å²) in [6, 6.07) is 0.639. The molecule has 3 rings (SSSR count). The molecular formula is C14H21N5. The molecule has 2 heterocycles. The molecule has 5 heteroatoms. The Kier molecular flexibility index (Phi) is 3.36. The van der Waals surface area contributed by atoms with E-state index in [2.05, 4.69) is 14.9 Å². The molecule has 2 unspecified atom stereocenters. The average molecular weight is 259 g/mol. The van der Waals surface area contributed by atoms with Gasteiger partial charge in [0, 0.05) is 12.6 Å². The van der Waals surface area contributed by atoms with Gasteiger partial charge in [-0.2, -0.15) is 0 Å². The Morgan fingerprint density at radius 3 is 2.68 bits per heavy atom. The molecule has 2 fully saturated rings. The van der Waals surface area contributed by atoms with E-state index in [0.717, 1.165) is 18.3 Å². The van der Waals surface area contributed by atoms with Gasteiger partial charge in [0.05, 0.1) is 12.4 Å². The molecule has 0 bridgehead atoms. The van der Waals surface area contributed by atoms with Gasteiger partial charge in [-0.1, -0.05) is 12.8 Å². The fourth-order valence-corrected chi connectivity index (χ4v) is 3.52. The Balaban J connectivity index is 1.81. The van der Waals surface area contributed by atoms with E-state index in [1.165, 1.54) is 38.5 Å². The third-order valence-electron chi connectivity index (χ3n) is 4.45. The number of nitrogen functional groups attached to an aromatic ring is 1. The lowest BCUT2D eigenvalue weighted by Gasteiger charge is -2.44. The monoisotopic (exact) mass is 259 g/mol. The predicted octanol–water partition coefficient (Wildman–Crippen LogP) is 1.92. The van der Waals surface area contributed by atoms with Gasteiger partial charge in [-0.3, -0.25) is 5.41 Å². The molecule has 102 valence electrons. The molecule has 3 N–H and O–H groups in total. The van der Waals surface area contributed by atoms with Gasteiger partial charge < -0.3 is 10.6 Å². The number of nitrogens with one attached hydrogen (secondary N) is 1. The van der Waals surface area contributed by atoms with E-state index in [1.807, 2.05) is 0 Å². The Bertz CT molecular complexity index is 453. The number of anilines is 1. The van der Waals surface area contributed by atoms with Crippen LogP contribution in [-0.2, 0) is 0 Å². The van der Waals surface area contributed by atoms with Crippen LogP contribution in [0.2, 0.25) is 0 Å². The molecule has 1 aromatic heterocycles. The summed E-state index contributed by atoms with van der Waals surface area (Å²) in [6.45, 7) is 1.08. The van der Waals surface area contributed by atoms with Crippen molar-refractivity contribution >= 4 is 11.7 Å². The van der Waals surface area contributed by atoms with Crippen molar-refractivity contribution in [1.29, 1.82) is 5.41 Å². The quantitative estimate of drug-likeness (QED) is 0.628. The molecule has 1 saturated carbocycles. The summed E-state index contributed by atoms with van der Waals surface area (Å²) in [7, 11) is 0. The van der Waals surface area contributed by atoms with Crippen LogP contribution >= 0.6 is 0 Å². The van der Waals surface area contributed by atoms with Crippen molar-refractivity contribution < 1.29 is 0 Å². The number of aromatic nitrogens is 2. The van der Waals surface area contributed by atoms with Crippen LogP contribution in [0.5, 0.6) is 0 Å². The highest BCUT2D eigenvalue weighted by atomic mass is 15.2. The van der Waals surface area contributed by atoms with Gasteiger partial charge in [0.1, 0.15) is 17.3 Å². The zero-order valence-electron chi connectivity index (χ0n) is 11.2. The maximum absolute atomic E-state index is 7.36. The summed E-state index contributed by atoms with van der Waals surface area (Å²) in [5.41, 5.74) is 5.87. The second kappa shape index (κ2) is 5.15. The molecule has 2 atom stereocenters. The topological polar surface area (TPSA) is 78.9 Å². The van der Waals surface area contributed by atoms with Gasteiger partial charge in [0.15, 0.2) is 0 Å². The summed E-state index contributed by atoms with van der Waals surface area (Å²) in [5.74, 6) is 1.76. The van der Waals surface area contributed by atoms with Gasteiger partial charge in [-0.05, 0) is 31.6 Å². The number of piperidine rings is 1. The van der Waals surface area contributed by atoms with Crippen LogP contribution in [0.3, 0.4) is 0 Å². The number of nitrogens with two attached hydrogens (primary N) is 1. The largest absolute Gasteiger partial charge is 0.382 e. The van der Waals surface area contributed by atoms with Gasteiger partial charge in [0.2, 0.25) is 0 Å². The van der Waals surface area contributed by atoms with Gasteiger partial charge in [0.25, 0.3) is 0 Å². The lowest BCUT2D eigenvalue weighted by atomic mass is 9.78. The molecule has 0 amide bonds. The van der Waals surface area contributed by atoms with E-state index in [9.17, 15) is 0 Å². The fraction of sp³-hybridized carbons (Fsp3) is 0.643. The number of fused-ring (bicyclic) bond motifs is 1. The highest BCUT2D eigenvalue weighted by Crippen LogP contribution is 2.36. The molecule has 1 aliphatic carbocycles. The summed E-state index contributed by atoms with van der Waals surface area (Å²) >= 11 is 0. The van der Waals surface area contributed by atoms with Crippen molar-refractivity contribution in [1.82, 2.24) is 9.97 Å². The van der Waals surface area contributed by atoms with Crippen molar-refractivity contribution in [2.24, 2.45) is 11.7 Å². The van der Waals surface area contributed by atoms with E-state index in [4.69, 9.17) is 11.1 Å². The molecule has 2 aliphatic rings. The number of amidine groups is 1. The fourth-order valence-electron chi connectivity index (χ4n) is 3.52. The normalized spacial score (nSPS) is 26.8. The highest BCUT2D eigenvalue weighted by Gasteiger charge is 2.33. The van der Waals surface area contributed by atoms with Crippen LogP contribution < -0.4 is 10.6 Å². The van der Waals surface area contributed by atoms with Crippen LogP contribution in [-0.4, -0.2) is 28.4 Å². The smallest absolute Gasteiger partial charge is 0.147 e. The highest BCUT2D eigenvalue weighted by molar-refractivity contribution is 5.92. The van der Waals surface area contributed by atoms with Crippen LogP contribution in [0.15, 0.2) is 12.4 Å². The van der Waals surface area contributed by atoms with Crippen molar-refractivity contribution in [2.45, 2.75) is 44.6 Å². The minimum Gasteiger partial charge on any atom is -0.382 e. The summed E-state index contributed by atoms with van der Waals surface area (Å²) in [5, 5.41) is 7.36. The Morgan fingerprint density at radius 2 is 1.95 bits per heavy atom. The van der Waals surface area contributed by atoms with Crippen LogP contribution in [0, 0.1) is 11.3 Å². The van der Waals surface area contributed by atoms with Crippen molar-refractivity contribution in [2.75, 3.05) is 11.4 Å². The molecule has 1 aliphatic heterocycles. The molecule has 1 aromatic rings. The molecule has 5 nitrogen and oxygen atoms in total. The van der Waals surface area contributed by atoms with Crippen LogP contribution in [0.25, 0.3) is 0 Å². The van der Waals surface area contributed by atoms with E-state index in [-0.39, 0.29) is 5.84 Å². The summed E-state index contributed by atoms with van der Waals surface area (Å²) in [6.07, 6.45) is 11.3. The summed E-state index contributed by atoms with van der Waals surface area (Å²) in [4.78, 5) is 11.1. The molecule has 0 aromatic carbocycles. The van der Waals surface area contributed by atoms with Crippen LogP contribution in [0.1, 0.15) is 44.2 Å². The zero-order chi connectivity index (χ0) is 13.2. The third kappa shape index (κ3) is 2.41. The van der Waals surface area contributed by atoms with E-state index in [1.54, 1.807) is 12.4 Å². The zero-order valence-corrected chi connectivity index (χ0v) is 11.2. The second-order valence-electron chi connectivity index (χ2n) is 5.62. The first kappa shape index (κ1) is 12.4. The number of hydrogen-bond acceptors (Lipinski definition) is 4. The van der Waals surface area contributed by atoms with E-state index < -0.39 is 0 Å². The first-order chi connectivity index (χ1) is 9.25. The molecule has 0 radical (unpaired) electrons. The van der Waals surface area contributed by atoms with Gasteiger partial charge in [-0.15, -0.1) is 0 Å². The van der Waals surface area contributed by atoms with Crippen molar-refractivity contribution in [3.8, 4) is 0 Å². The first-order valence-corrected chi connectivity index (χ1v) is 7.19. The Hall–Kier alpha value is -1.65. The lowest BCUT2D eigenvalue weighted by Crippen LogP contribution is -2.47. The number of hydrogen-bond donors (Lipinski definition) is 2. The maximum atomic E-state index is 7.36.